The second kappa shape index (κ2) is 13.6. The Hall–Kier alpha value is -3.70. The number of piperidine rings is 3. The number of carboxylic acid groups (broad SMARTS) is 2. The molecule has 4 fully saturated rings. The molecule has 0 saturated carbocycles. The van der Waals surface area contributed by atoms with Gasteiger partial charge in [0.25, 0.3) is 0 Å². The fraction of sp³-hybridized carbons (Fsp3) is 0.412. The molecule has 5 aliphatic rings. The molecule has 10 nitrogen and oxygen atoms in total. The highest BCUT2D eigenvalue weighted by Gasteiger charge is 2.42. The van der Waals surface area contributed by atoms with Gasteiger partial charge in [0.05, 0.1) is 30.0 Å². The smallest absolute Gasteiger partial charge is 0.334 e. The van der Waals surface area contributed by atoms with Crippen LogP contribution in [-0.4, -0.2) is 112 Å². The molecule has 2 unspecified atom stereocenters. The number of fused-ring (bicyclic) bond motifs is 3. The SMILES string of the molecule is O=C(O)C1=CN(CC(=O)c2ccccc2)C(CC(=O)N2CCN(C3CN4CCC3CC4)CC2)=C(C(=O)O)C1c1c(Cl)cccc1Cl. The highest BCUT2D eigenvalue weighted by Crippen LogP contribution is 2.45. The Morgan fingerprint density at radius 1 is 0.804 bits per heavy atom. The summed E-state index contributed by atoms with van der Waals surface area (Å²) in [5, 5.41) is 21.1. The van der Waals surface area contributed by atoms with Gasteiger partial charge in [-0.2, -0.15) is 0 Å². The number of halogens is 2. The highest BCUT2D eigenvalue weighted by atomic mass is 35.5. The van der Waals surface area contributed by atoms with E-state index in [0.29, 0.717) is 30.6 Å². The Morgan fingerprint density at radius 3 is 2.02 bits per heavy atom. The van der Waals surface area contributed by atoms with Crippen molar-refractivity contribution < 1.29 is 29.4 Å². The highest BCUT2D eigenvalue weighted by molar-refractivity contribution is 6.36. The lowest BCUT2D eigenvalue weighted by atomic mass is 9.80. The van der Waals surface area contributed by atoms with Crippen LogP contribution in [0.1, 0.15) is 41.1 Å². The van der Waals surface area contributed by atoms with E-state index in [-0.39, 0.29) is 57.1 Å². The quantitative estimate of drug-likeness (QED) is 0.379. The molecule has 242 valence electrons. The predicted octanol–water partition coefficient (Wildman–Crippen LogP) is 4.21. The Morgan fingerprint density at radius 2 is 1.46 bits per heavy atom. The van der Waals surface area contributed by atoms with Gasteiger partial charge in [0.2, 0.25) is 5.91 Å². The number of ketones is 1. The normalized spacial score (nSPS) is 25.0. The summed E-state index contributed by atoms with van der Waals surface area (Å²) in [6, 6.07) is 13.5. The Kier molecular flexibility index (Phi) is 9.52. The van der Waals surface area contributed by atoms with Gasteiger partial charge in [-0.1, -0.05) is 59.6 Å². The molecule has 2 aromatic rings. The molecule has 2 aromatic carbocycles. The summed E-state index contributed by atoms with van der Waals surface area (Å²) < 4.78 is 0. The van der Waals surface area contributed by atoms with Gasteiger partial charge in [0.15, 0.2) is 5.78 Å². The summed E-state index contributed by atoms with van der Waals surface area (Å²) >= 11 is 13.0. The van der Waals surface area contributed by atoms with Gasteiger partial charge in [0, 0.05) is 71.8 Å². The van der Waals surface area contributed by atoms with E-state index in [1.54, 1.807) is 41.3 Å². The number of carboxylic acids is 2. The van der Waals surface area contributed by atoms with E-state index in [4.69, 9.17) is 23.2 Å². The van der Waals surface area contributed by atoms with Crippen molar-refractivity contribution >= 4 is 46.8 Å². The zero-order valence-corrected chi connectivity index (χ0v) is 26.8. The zero-order chi connectivity index (χ0) is 32.5. The molecule has 5 aliphatic heterocycles. The van der Waals surface area contributed by atoms with Crippen molar-refractivity contribution in [1.82, 2.24) is 19.6 Å². The second-order valence-electron chi connectivity index (χ2n) is 12.3. The molecule has 0 aromatic heterocycles. The number of piperazine rings is 1. The van der Waals surface area contributed by atoms with E-state index in [1.165, 1.54) is 36.1 Å². The average molecular weight is 668 g/mol. The molecule has 2 N–H and O–H groups in total. The Balaban J connectivity index is 1.32. The lowest BCUT2D eigenvalue weighted by molar-refractivity contribution is -0.133. The number of benzene rings is 2. The fourth-order valence-corrected chi connectivity index (χ4v) is 8.04. The molecule has 0 aliphatic carbocycles. The molecular formula is C34H36Cl2N4O6. The number of nitrogens with zero attached hydrogens (tertiary/aromatic N) is 4. The monoisotopic (exact) mass is 666 g/mol. The molecule has 5 heterocycles. The largest absolute Gasteiger partial charge is 0.478 e. The molecule has 0 spiro atoms. The number of aliphatic carboxylic acids is 2. The maximum Gasteiger partial charge on any atom is 0.334 e. The summed E-state index contributed by atoms with van der Waals surface area (Å²) in [6.07, 6.45) is 3.31. The summed E-state index contributed by atoms with van der Waals surface area (Å²) in [7, 11) is 0. The number of Topliss-reactive ketones (excluding diaryl/α,β-unsaturated/α-hetero) is 1. The summed E-state index contributed by atoms with van der Waals surface area (Å²) in [5.74, 6) is -4.19. The van der Waals surface area contributed by atoms with Crippen molar-refractivity contribution in [3.63, 3.8) is 0 Å². The third-order valence-electron chi connectivity index (χ3n) is 9.80. The zero-order valence-electron chi connectivity index (χ0n) is 25.3. The maximum atomic E-state index is 13.9. The van der Waals surface area contributed by atoms with Crippen molar-refractivity contribution in [3.05, 3.63) is 92.7 Å². The molecular weight excluding hydrogens is 631 g/mol. The summed E-state index contributed by atoms with van der Waals surface area (Å²) in [5.41, 5.74) is -0.157. The van der Waals surface area contributed by atoms with Crippen molar-refractivity contribution in [2.24, 2.45) is 5.92 Å². The minimum atomic E-state index is -1.43. The van der Waals surface area contributed by atoms with Crippen LogP contribution in [0.4, 0.5) is 0 Å². The molecule has 12 heteroatoms. The van der Waals surface area contributed by atoms with Crippen LogP contribution in [0.3, 0.4) is 0 Å². The van der Waals surface area contributed by atoms with Crippen molar-refractivity contribution in [2.75, 3.05) is 52.4 Å². The van der Waals surface area contributed by atoms with Crippen LogP contribution in [-0.2, 0) is 14.4 Å². The minimum absolute atomic E-state index is 0.0348. The minimum Gasteiger partial charge on any atom is -0.478 e. The van der Waals surface area contributed by atoms with Crippen LogP contribution in [0.5, 0.6) is 0 Å². The predicted molar refractivity (Wildman–Crippen MR) is 173 cm³/mol. The molecule has 1 amide bonds. The van der Waals surface area contributed by atoms with Crippen LogP contribution in [0, 0.1) is 5.92 Å². The van der Waals surface area contributed by atoms with E-state index in [2.05, 4.69) is 9.80 Å². The van der Waals surface area contributed by atoms with E-state index < -0.39 is 17.9 Å². The Bertz CT molecular complexity index is 1580. The van der Waals surface area contributed by atoms with Gasteiger partial charge in [-0.25, -0.2) is 9.59 Å². The topological polar surface area (TPSA) is 122 Å². The molecule has 2 atom stereocenters. The van der Waals surface area contributed by atoms with Gasteiger partial charge < -0.3 is 24.9 Å². The third-order valence-corrected chi connectivity index (χ3v) is 10.5. The lowest BCUT2D eigenvalue weighted by Crippen LogP contribution is -2.61. The number of hydrogen-bond donors (Lipinski definition) is 2. The van der Waals surface area contributed by atoms with E-state index in [9.17, 15) is 29.4 Å². The van der Waals surface area contributed by atoms with Gasteiger partial charge in [-0.05, 0) is 44.0 Å². The first-order chi connectivity index (χ1) is 22.1. The van der Waals surface area contributed by atoms with E-state index in [0.717, 1.165) is 32.7 Å². The lowest BCUT2D eigenvalue weighted by Gasteiger charge is -2.51. The number of hydrogen-bond acceptors (Lipinski definition) is 7. The van der Waals surface area contributed by atoms with Crippen molar-refractivity contribution in [3.8, 4) is 0 Å². The maximum absolute atomic E-state index is 13.9. The van der Waals surface area contributed by atoms with Crippen molar-refractivity contribution in [1.29, 1.82) is 0 Å². The fourth-order valence-electron chi connectivity index (χ4n) is 7.42. The molecule has 4 saturated heterocycles. The van der Waals surface area contributed by atoms with E-state index >= 15 is 0 Å². The van der Waals surface area contributed by atoms with Crippen LogP contribution in [0.15, 0.2) is 71.6 Å². The number of amides is 1. The molecule has 46 heavy (non-hydrogen) atoms. The second-order valence-corrected chi connectivity index (χ2v) is 13.2. The average Bonchev–Trinajstić information content (AvgIpc) is 3.06. The van der Waals surface area contributed by atoms with Gasteiger partial charge in [0.1, 0.15) is 0 Å². The number of carbonyl (C=O) groups is 4. The standard InChI is InChI=1S/C34H36Cl2N4O6/c35-24-7-4-8-25(36)31(24)30-23(33(43)44)18-40(20-28(41)22-5-2-1-3-6-22)26(32(30)34(45)46)17-29(42)39-15-13-38(14-16-39)27-19-37-11-9-21(27)10-12-37/h1-8,18,21,27,30H,9-17,19-20H2,(H,43,44)(H,45,46). The van der Waals surface area contributed by atoms with Gasteiger partial charge in [-0.15, -0.1) is 0 Å². The third kappa shape index (κ3) is 6.44. The van der Waals surface area contributed by atoms with Crippen molar-refractivity contribution in [2.45, 2.75) is 31.2 Å². The van der Waals surface area contributed by atoms with Crippen LogP contribution < -0.4 is 0 Å². The van der Waals surface area contributed by atoms with Crippen LogP contribution in [0.25, 0.3) is 0 Å². The first-order valence-corrected chi connectivity index (χ1v) is 16.3. The first kappa shape index (κ1) is 32.2. The molecule has 0 radical (unpaired) electrons. The van der Waals surface area contributed by atoms with E-state index in [1.807, 2.05) is 0 Å². The van der Waals surface area contributed by atoms with Crippen LogP contribution >= 0.6 is 23.2 Å². The first-order valence-electron chi connectivity index (χ1n) is 15.6. The van der Waals surface area contributed by atoms with Crippen LogP contribution in [0.2, 0.25) is 10.0 Å². The summed E-state index contributed by atoms with van der Waals surface area (Å²) in [6.45, 7) is 5.45. The number of carbonyl (C=O) groups excluding carboxylic acids is 2. The number of rotatable bonds is 9. The molecule has 7 rings (SSSR count). The Labute approximate surface area is 277 Å². The molecule has 2 bridgehead atoms. The van der Waals surface area contributed by atoms with Gasteiger partial charge in [-0.3, -0.25) is 14.5 Å². The van der Waals surface area contributed by atoms with Gasteiger partial charge >= 0.3 is 11.9 Å². The summed E-state index contributed by atoms with van der Waals surface area (Å²) in [4.78, 5) is 61.0.